The third kappa shape index (κ3) is 6.40. The normalized spacial score (nSPS) is 49.5. The highest BCUT2D eigenvalue weighted by Crippen LogP contribution is 2.62. The first-order chi connectivity index (χ1) is 25.2. The van der Waals surface area contributed by atoms with Gasteiger partial charge in [0.2, 0.25) is 24.2 Å². The molecule has 2 aliphatic carbocycles. The first-order valence-electron chi connectivity index (χ1n) is 20.0. The maximum Gasteiger partial charge on any atom is 0.308 e. The van der Waals surface area contributed by atoms with Crippen molar-refractivity contribution in [1.82, 2.24) is 0 Å². The van der Waals surface area contributed by atoms with Gasteiger partial charge in [-0.15, -0.1) is 0 Å². The summed E-state index contributed by atoms with van der Waals surface area (Å²) in [7, 11) is 0. The number of carbonyl (C=O) groups is 4. The van der Waals surface area contributed by atoms with Crippen LogP contribution in [0.4, 0.5) is 0 Å². The molecule has 10 fully saturated rings. The molecule has 8 aliphatic heterocycles. The van der Waals surface area contributed by atoms with Crippen LogP contribution in [0.1, 0.15) is 125 Å². The molecule has 14 heteroatoms. The van der Waals surface area contributed by atoms with E-state index in [2.05, 4.69) is 13.8 Å². The highest BCUT2D eigenvalue weighted by molar-refractivity contribution is 6.00. The Labute approximate surface area is 310 Å². The number of Topliss-reactive ketones (excluding diaryl/α,β-unsaturated/α-hetero) is 2. The highest BCUT2D eigenvalue weighted by Gasteiger charge is 2.71. The van der Waals surface area contributed by atoms with E-state index >= 15 is 0 Å². The van der Waals surface area contributed by atoms with Crippen LogP contribution in [-0.2, 0) is 67.1 Å². The molecule has 53 heavy (non-hydrogen) atoms. The van der Waals surface area contributed by atoms with Crippen molar-refractivity contribution in [3.63, 3.8) is 0 Å². The molecule has 296 valence electrons. The number of carbonyl (C=O) groups excluding carboxylic acids is 4. The van der Waals surface area contributed by atoms with Crippen molar-refractivity contribution in [2.45, 2.75) is 173 Å². The number of ether oxygens (including phenoxy) is 6. The molecule has 16 atom stereocenters. The van der Waals surface area contributed by atoms with E-state index in [4.69, 9.17) is 48.0 Å². The summed E-state index contributed by atoms with van der Waals surface area (Å²) in [5.41, 5.74) is -1.54. The van der Waals surface area contributed by atoms with Gasteiger partial charge in [0.1, 0.15) is 11.6 Å². The number of ketones is 2. The summed E-state index contributed by atoms with van der Waals surface area (Å²) in [6, 6.07) is 0. The summed E-state index contributed by atoms with van der Waals surface area (Å²) >= 11 is 0. The Balaban J connectivity index is 0.795. The van der Waals surface area contributed by atoms with Crippen LogP contribution in [0.5, 0.6) is 0 Å². The summed E-state index contributed by atoms with van der Waals surface area (Å²) in [4.78, 5) is 75.4. The van der Waals surface area contributed by atoms with Gasteiger partial charge in [-0.2, -0.15) is 0 Å². The van der Waals surface area contributed by atoms with E-state index in [0.29, 0.717) is 24.7 Å². The van der Waals surface area contributed by atoms with E-state index in [1.165, 1.54) is 0 Å². The van der Waals surface area contributed by atoms with Gasteiger partial charge in [0, 0.05) is 49.4 Å². The third-order valence-corrected chi connectivity index (χ3v) is 14.3. The van der Waals surface area contributed by atoms with E-state index in [-0.39, 0.29) is 67.6 Å². The average molecular weight is 749 g/mol. The van der Waals surface area contributed by atoms with E-state index in [1.54, 1.807) is 0 Å². The van der Waals surface area contributed by atoms with E-state index < -0.39 is 71.4 Å². The summed E-state index contributed by atoms with van der Waals surface area (Å²) in [6.07, 6.45) is 2.52. The van der Waals surface area contributed by atoms with Crippen LogP contribution in [0.2, 0.25) is 0 Å². The molecule has 2 spiro atoms. The minimum atomic E-state index is -0.946. The molecule has 10 aliphatic rings. The van der Waals surface area contributed by atoms with Gasteiger partial charge in [-0.25, -0.2) is 19.6 Å². The molecule has 0 aromatic rings. The summed E-state index contributed by atoms with van der Waals surface area (Å²) in [6.45, 7) is 12.1. The summed E-state index contributed by atoms with van der Waals surface area (Å²) in [5.74, 6) is -3.10. The molecule has 10 rings (SSSR count). The predicted octanol–water partition coefficient (Wildman–Crippen LogP) is 5.58. The monoisotopic (exact) mass is 748 g/mol. The van der Waals surface area contributed by atoms with Gasteiger partial charge in [0.05, 0.1) is 19.3 Å². The van der Waals surface area contributed by atoms with Crippen LogP contribution in [0, 0.1) is 47.3 Å². The number of fused-ring (bicyclic) bond motifs is 4. The second kappa shape index (κ2) is 13.9. The van der Waals surface area contributed by atoms with Gasteiger partial charge in [0.15, 0.2) is 23.8 Å². The highest BCUT2D eigenvalue weighted by atomic mass is 17.3. The number of hydrogen-bond acceptors (Lipinski definition) is 14. The molecule has 8 heterocycles. The predicted molar refractivity (Wildman–Crippen MR) is 179 cm³/mol. The van der Waals surface area contributed by atoms with E-state index in [9.17, 15) is 19.2 Å². The fourth-order valence-electron chi connectivity index (χ4n) is 11.3. The lowest BCUT2D eigenvalue weighted by Gasteiger charge is -2.59. The summed E-state index contributed by atoms with van der Waals surface area (Å²) < 4.78 is 36.8. The first kappa shape index (κ1) is 37.9. The van der Waals surface area contributed by atoms with Crippen LogP contribution < -0.4 is 0 Å². The van der Waals surface area contributed by atoms with Crippen LogP contribution in [0.3, 0.4) is 0 Å². The Morgan fingerprint density at radius 3 is 1.38 bits per heavy atom. The molecular weight excluding hydrogens is 692 g/mol. The molecule has 0 amide bonds. The Morgan fingerprint density at radius 1 is 0.547 bits per heavy atom. The quantitative estimate of drug-likeness (QED) is 0.155. The lowest BCUT2D eigenvalue weighted by atomic mass is 9.58. The molecule has 4 bridgehead atoms. The SMILES string of the molecule is C[C@H]1[C@H](OC(=O)CCC(=O)CC(=O)CCC(=O)O[C@@H]2O[C@@H]3O[C@]4(C)CC[C@H]5[C@H](C)CC[C@@H]([C@H]2C)[C@@]35OO4)O[C@@H]2O[C@@]3(C)CC[C@H]4[C@H](C)CC[C@@H]1[C@@]24OO3. The van der Waals surface area contributed by atoms with Gasteiger partial charge in [-0.05, 0) is 76.0 Å². The lowest BCUT2D eigenvalue weighted by molar-refractivity contribution is -0.576. The zero-order valence-corrected chi connectivity index (χ0v) is 31.8. The van der Waals surface area contributed by atoms with Crippen molar-refractivity contribution in [1.29, 1.82) is 0 Å². The van der Waals surface area contributed by atoms with Crippen molar-refractivity contribution in [3.8, 4) is 0 Å². The topological polar surface area (TPSA) is 161 Å². The Morgan fingerprint density at radius 2 is 0.962 bits per heavy atom. The molecule has 8 saturated heterocycles. The maximum absolute atomic E-state index is 13.0. The smallest absolute Gasteiger partial charge is 0.308 e. The van der Waals surface area contributed by atoms with Gasteiger partial charge in [0.25, 0.3) is 0 Å². The molecule has 2 saturated carbocycles. The Hall–Kier alpha value is -2.04. The minimum absolute atomic E-state index is 0.00545. The molecular formula is C39H56O14. The minimum Gasteiger partial charge on any atom is -0.435 e. The van der Waals surface area contributed by atoms with Crippen LogP contribution >= 0.6 is 0 Å². The molecule has 0 radical (unpaired) electrons. The van der Waals surface area contributed by atoms with Crippen molar-refractivity contribution < 1.29 is 67.1 Å². The Kier molecular flexibility index (Phi) is 9.90. The number of esters is 2. The summed E-state index contributed by atoms with van der Waals surface area (Å²) in [5, 5.41) is 0. The molecule has 0 N–H and O–H groups in total. The van der Waals surface area contributed by atoms with Gasteiger partial charge < -0.3 is 28.4 Å². The van der Waals surface area contributed by atoms with Gasteiger partial charge in [-0.3, -0.25) is 19.2 Å². The van der Waals surface area contributed by atoms with Crippen LogP contribution in [-0.4, -0.2) is 71.4 Å². The molecule has 0 unspecified atom stereocenters. The number of hydrogen-bond donors (Lipinski definition) is 0. The van der Waals surface area contributed by atoms with Crippen molar-refractivity contribution in [3.05, 3.63) is 0 Å². The van der Waals surface area contributed by atoms with E-state index in [0.717, 1.165) is 38.5 Å². The molecule has 0 aromatic carbocycles. The standard InChI is InChI=1S/C39H56O14/c1-20-7-11-28-22(3)32(46-34-38(28)26(20)15-17-36(5,48-34)50-52-38)44-30(42)13-9-24(40)19-25(41)10-14-31(43)45-33-23(4)29-12-8-21(2)27-16-18-37(6)49-35(47-33)39(27,29)53-51-37/h20-23,26-29,32-35H,7-19H2,1-6H3/t20-,21-,22-,23-,26+,27+,28+,29+,32-,33-,34-,35-,36-,37+,38-,39-/m1/s1. The lowest BCUT2D eigenvalue weighted by Crippen LogP contribution is -2.70. The maximum atomic E-state index is 13.0. The second-order valence-electron chi connectivity index (χ2n) is 17.8. The van der Waals surface area contributed by atoms with Crippen molar-refractivity contribution in [2.75, 3.05) is 0 Å². The molecule has 0 aromatic heterocycles. The zero-order chi connectivity index (χ0) is 37.5. The third-order valence-electron chi connectivity index (χ3n) is 14.3. The largest absolute Gasteiger partial charge is 0.435 e. The van der Waals surface area contributed by atoms with Crippen molar-refractivity contribution >= 4 is 23.5 Å². The molecule has 14 nitrogen and oxygen atoms in total. The van der Waals surface area contributed by atoms with E-state index in [1.807, 2.05) is 27.7 Å². The Bertz CT molecular complexity index is 1360. The van der Waals surface area contributed by atoms with Crippen LogP contribution in [0.25, 0.3) is 0 Å². The average Bonchev–Trinajstić information content (AvgIpc) is 3.49. The van der Waals surface area contributed by atoms with Crippen molar-refractivity contribution in [2.24, 2.45) is 47.3 Å². The first-order valence-corrected chi connectivity index (χ1v) is 20.0. The van der Waals surface area contributed by atoms with Gasteiger partial charge >= 0.3 is 11.9 Å². The fraction of sp³-hybridized carbons (Fsp3) is 0.897. The number of rotatable bonds is 10. The van der Waals surface area contributed by atoms with Gasteiger partial charge in [-0.1, -0.05) is 27.7 Å². The second-order valence-corrected chi connectivity index (χ2v) is 17.8. The zero-order valence-electron chi connectivity index (χ0n) is 31.8. The van der Waals surface area contributed by atoms with Crippen LogP contribution in [0.15, 0.2) is 0 Å². The fourth-order valence-corrected chi connectivity index (χ4v) is 11.3.